The van der Waals surface area contributed by atoms with E-state index in [0.717, 1.165) is 11.8 Å². The van der Waals surface area contributed by atoms with Crippen molar-refractivity contribution in [1.82, 2.24) is 14.8 Å². The normalized spacial score (nSPS) is 10.4. The molecule has 0 radical (unpaired) electrons. The summed E-state index contributed by atoms with van der Waals surface area (Å²) in [4.78, 5) is 24.8. The molecule has 0 unspecified atom stereocenters. The number of nitrogens with zero attached hydrogens (tertiary/aromatic N) is 4. The average Bonchev–Trinajstić information content (AvgIpc) is 2.78. The second kappa shape index (κ2) is 5.70. The third-order valence-corrected chi connectivity index (χ3v) is 3.39. The van der Waals surface area contributed by atoms with Crippen molar-refractivity contribution in [3.63, 3.8) is 0 Å². The van der Waals surface area contributed by atoms with Crippen LogP contribution in [0, 0.1) is 10.1 Å². The fourth-order valence-corrected chi connectivity index (χ4v) is 2.11. The highest BCUT2D eigenvalue weighted by Gasteiger charge is 2.12. The average molecular weight is 294 g/mol. The van der Waals surface area contributed by atoms with Crippen molar-refractivity contribution in [2.24, 2.45) is 7.05 Å². The van der Waals surface area contributed by atoms with Crippen molar-refractivity contribution < 1.29 is 14.8 Å². The van der Waals surface area contributed by atoms with Crippen molar-refractivity contribution in [3.05, 3.63) is 34.4 Å². The van der Waals surface area contributed by atoms with Crippen LogP contribution < -0.4 is 0 Å². The molecule has 1 aromatic heterocycles. The van der Waals surface area contributed by atoms with E-state index in [1.54, 1.807) is 19.2 Å². The molecule has 0 saturated carbocycles. The number of aliphatic carboxylic acids is 1. The van der Waals surface area contributed by atoms with Crippen LogP contribution in [0.3, 0.4) is 0 Å². The summed E-state index contributed by atoms with van der Waals surface area (Å²) in [5, 5.41) is 23.8. The van der Waals surface area contributed by atoms with E-state index in [1.807, 2.05) is 0 Å². The van der Waals surface area contributed by atoms with Crippen LogP contribution >= 0.6 is 11.8 Å². The Hall–Kier alpha value is -2.42. The van der Waals surface area contributed by atoms with Gasteiger partial charge in [-0.25, -0.2) is 9.67 Å². The molecule has 0 bridgehead atoms. The first-order chi connectivity index (χ1) is 9.47. The van der Waals surface area contributed by atoms with Crippen LogP contribution in [0.4, 0.5) is 5.69 Å². The van der Waals surface area contributed by atoms with Crippen molar-refractivity contribution in [2.45, 2.75) is 5.16 Å². The Morgan fingerprint density at radius 1 is 1.45 bits per heavy atom. The first kappa shape index (κ1) is 14.0. The molecule has 0 atom stereocenters. The van der Waals surface area contributed by atoms with Gasteiger partial charge in [-0.15, -0.1) is 0 Å². The number of benzene rings is 1. The Kier molecular flexibility index (Phi) is 3.99. The molecule has 1 aromatic carbocycles. The number of carboxylic acid groups (broad SMARTS) is 1. The first-order valence-electron chi connectivity index (χ1n) is 5.48. The van der Waals surface area contributed by atoms with Crippen molar-refractivity contribution in [3.8, 4) is 11.4 Å². The summed E-state index contributed by atoms with van der Waals surface area (Å²) in [5.74, 6) is -0.642. The molecule has 8 nitrogen and oxygen atoms in total. The number of aromatic nitrogens is 3. The number of thioether (sulfide) groups is 1. The minimum absolute atomic E-state index is 0.00911. The van der Waals surface area contributed by atoms with Gasteiger partial charge < -0.3 is 5.11 Å². The number of non-ortho nitro benzene ring substituents is 1. The summed E-state index contributed by atoms with van der Waals surface area (Å²) in [6, 6.07) is 5.85. The number of nitro benzene ring substituents is 1. The third-order valence-electron chi connectivity index (χ3n) is 2.38. The molecule has 2 rings (SSSR count). The minimum atomic E-state index is -0.935. The lowest BCUT2D eigenvalue weighted by atomic mass is 10.2. The van der Waals surface area contributed by atoms with E-state index in [9.17, 15) is 14.9 Å². The monoisotopic (exact) mass is 294 g/mol. The number of aryl methyl sites for hydroxylation is 1. The molecule has 0 fully saturated rings. The van der Waals surface area contributed by atoms with Gasteiger partial charge in [-0.2, -0.15) is 5.10 Å². The third kappa shape index (κ3) is 3.12. The number of rotatable bonds is 5. The Morgan fingerprint density at radius 3 is 2.65 bits per heavy atom. The summed E-state index contributed by atoms with van der Waals surface area (Å²) >= 11 is 1.06. The molecule has 2 aromatic rings. The van der Waals surface area contributed by atoms with Crippen molar-refractivity contribution in [1.29, 1.82) is 0 Å². The molecule has 20 heavy (non-hydrogen) atoms. The molecule has 0 aliphatic heterocycles. The van der Waals surface area contributed by atoms with Gasteiger partial charge in [0.2, 0.25) is 0 Å². The Labute approximate surface area is 117 Å². The second-order valence-electron chi connectivity index (χ2n) is 3.83. The number of hydrogen-bond donors (Lipinski definition) is 1. The zero-order valence-electron chi connectivity index (χ0n) is 10.4. The van der Waals surface area contributed by atoms with E-state index in [4.69, 9.17) is 5.11 Å². The van der Waals surface area contributed by atoms with Gasteiger partial charge in [0.15, 0.2) is 11.0 Å². The summed E-state index contributed by atoms with van der Waals surface area (Å²) in [5.41, 5.74) is 0.624. The minimum Gasteiger partial charge on any atom is -0.481 e. The van der Waals surface area contributed by atoms with Gasteiger partial charge in [0, 0.05) is 24.7 Å². The molecule has 1 N–H and O–H groups in total. The predicted molar refractivity (Wildman–Crippen MR) is 71.5 cm³/mol. The van der Waals surface area contributed by atoms with Crippen LogP contribution in [0.1, 0.15) is 0 Å². The highest BCUT2D eigenvalue weighted by molar-refractivity contribution is 7.99. The first-order valence-corrected chi connectivity index (χ1v) is 6.46. The highest BCUT2D eigenvalue weighted by atomic mass is 32.2. The van der Waals surface area contributed by atoms with Gasteiger partial charge in [0.1, 0.15) is 0 Å². The predicted octanol–water partition coefficient (Wildman–Crippen LogP) is 1.57. The molecular formula is C11H10N4O4S. The van der Waals surface area contributed by atoms with Crippen LogP contribution in [0.15, 0.2) is 29.4 Å². The molecule has 0 aliphatic rings. The number of nitro groups is 1. The van der Waals surface area contributed by atoms with Gasteiger partial charge in [0.25, 0.3) is 5.69 Å². The van der Waals surface area contributed by atoms with E-state index in [-0.39, 0.29) is 11.4 Å². The van der Waals surface area contributed by atoms with Crippen LogP contribution in [0.5, 0.6) is 0 Å². The smallest absolute Gasteiger partial charge is 0.313 e. The van der Waals surface area contributed by atoms with Gasteiger partial charge in [-0.1, -0.05) is 11.8 Å². The molecule has 0 saturated heterocycles. The zero-order chi connectivity index (χ0) is 14.7. The standard InChI is InChI=1S/C11H10N4O4S/c1-14-11(20-6-9(16)17)12-10(13-14)7-2-4-8(5-3-7)15(18)19/h2-5H,6H2,1H3,(H,16,17). The topological polar surface area (TPSA) is 111 Å². The summed E-state index contributed by atoms with van der Waals surface area (Å²) in [6.45, 7) is 0. The van der Waals surface area contributed by atoms with Crippen LogP contribution in [-0.4, -0.2) is 36.5 Å². The molecular weight excluding hydrogens is 284 g/mol. The van der Waals surface area contributed by atoms with Crippen LogP contribution in [0.2, 0.25) is 0 Å². The fraction of sp³-hybridized carbons (Fsp3) is 0.182. The largest absolute Gasteiger partial charge is 0.481 e. The molecule has 104 valence electrons. The maximum atomic E-state index is 10.6. The van der Waals surface area contributed by atoms with E-state index in [0.29, 0.717) is 16.5 Å². The number of carbonyl (C=O) groups is 1. The van der Waals surface area contributed by atoms with E-state index in [2.05, 4.69) is 10.1 Å². The molecule has 9 heteroatoms. The van der Waals surface area contributed by atoms with Gasteiger partial charge in [-0.3, -0.25) is 14.9 Å². The van der Waals surface area contributed by atoms with Crippen LogP contribution in [-0.2, 0) is 11.8 Å². The SMILES string of the molecule is Cn1nc(-c2ccc([N+](=O)[O-])cc2)nc1SCC(=O)O. The van der Waals surface area contributed by atoms with Crippen LogP contribution in [0.25, 0.3) is 11.4 Å². The lowest BCUT2D eigenvalue weighted by Gasteiger charge is -1.94. The maximum Gasteiger partial charge on any atom is 0.313 e. The Balaban J connectivity index is 2.22. The number of hydrogen-bond acceptors (Lipinski definition) is 6. The quantitative estimate of drug-likeness (QED) is 0.506. The van der Waals surface area contributed by atoms with E-state index < -0.39 is 10.9 Å². The van der Waals surface area contributed by atoms with E-state index in [1.165, 1.54) is 16.8 Å². The lowest BCUT2D eigenvalue weighted by Crippen LogP contribution is -2.00. The Morgan fingerprint density at radius 2 is 2.10 bits per heavy atom. The summed E-state index contributed by atoms with van der Waals surface area (Å²) < 4.78 is 1.48. The van der Waals surface area contributed by atoms with Gasteiger partial charge in [0.05, 0.1) is 10.7 Å². The number of carboxylic acids is 1. The maximum absolute atomic E-state index is 10.6. The van der Waals surface area contributed by atoms with Gasteiger partial charge >= 0.3 is 5.97 Å². The zero-order valence-corrected chi connectivity index (χ0v) is 11.2. The summed E-state index contributed by atoms with van der Waals surface area (Å²) in [6.07, 6.45) is 0. The molecule has 0 amide bonds. The van der Waals surface area contributed by atoms with Crippen molar-refractivity contribution in [2.75, 3.05) is 5.75 Å². The Bertz CT molecular complexity index is 653. The highest BCUT2D eigenvalue weighted by Crippen LogP contribution is 2.22. The second-order valence-corrected chi connectivity index (χ2v) is 4.77. The van der Waals surface area contributed by atoms with Crippen molar-refractivity contribution >= 4 is 23.4 Å². The van der Waals surface area contributed by atoms with Gasteiger partial charge in [-0.05, 0) is 12.1 Å². The fourth-order valence-electron chi connectivity index (χ4n) is 1.48. The molecule has 0 spiro atoms. The lowest BCUT2D eigenvalue weighted by molar-refractivity contribution is -0.384. The van der Waals surface area contributed by atoms with E-state index >= 15 is 0 Å². The summed E-state index contributed by atoms with van der Waals surface area (Å²) in [7, 11) is 1.66. The molecule has 1 heterocycles. The molecule has 0 aliphatic carbocycles.